The van der Waals surface area contributed by atoms with Crippen molar-refractivity contribution in [3.05, 3.63) is 40.0 Å². The van der Waals surface area contributed by atoms with Crippen molar-refractivity contribution in [2.24, 2.45) is 11.3 Å². The average Bonchev–Trinajstić information content (AvgIpc) is 2.88. The van der Waals surface area contributed by atoms with E-state index in [-0.39, 0.29) is 0 Å². The van der Waals surface area contributed by atoms with Crippen molar-refractivity contribution in [2.45, 2.75) is 46.5 Å². The molecule has 0 radical (unpaired) electrons. The van der Waals surface area contributed by atoms with Crippen LogP contribution in [0.1, 0.15) is 48.4 Å². The van der Waals surface area contributed by atoms with Crippen LogP contribution in [-0.4, -0.2) is 5.78 Å². The number of rotatable bonds is 0. The Labute approximate surface area is 114 Å². The molecule has 19 heavy (non-hydrogen) atoms. The summed E-state index contributed by atoms with van der Waals surface area (Å²) in [5, 5.41) is 0. The summed E-state index contributed by atoms with van der Waals surface area (Å²) in [5.74, 6) is 0.745. The molecule has 1 spiro atoms. The Hall–Kier alpha value is -1.37. The number of hydrogen-bond acceptors (Lipinski definition) is 1. The van der Waals surface area contributed by atoms with E-state index < -0.39 is 0 Å². The second kappa shape index (κ2) is 3.39. The van der Waals surface area contributed by atoms with Crippen LogP contribution in [0, 0.1) is 25.2 Å². The maximum atomic E-state index is 12.4. The van der Waals surface area contributed by atoms with Gasteiger partial charge in [0.25, 0.3) is 0 Å². The molecule has 0 aromatic heterocycles. The summed E-state index contributed by atoms with van der Waals surface area (Å²) in [6.45, 7) is 6.44. The minimum Gasteiger partial charge on any atom is -0.294 e. The molecule has 3 aliphatic carbocycles. The molecule has 0 aliphatic heterocycles. The third-order valence-corrected chi connectivity index (χ3v) is 5.77. The van der Waals surface area contributed by atoms with Crippen LogP contribution in [0.2, 0.25) is 0 Å². The molecule has 4 rings (SSSR count). The van der Waals surface area contributed by atoms with Crippen LogP contribution in [-0.2, 0) is 11.2 Å². The fraction of sp³-hybridized carbons (Fsp3) is 0.500. The first-order chi connectivity index (χ1) is 9.02. The SMILES string of the molecule is CC1=C2c3cc(C)c(C)cc3CC23CCC(C3)C1=O. The quantitative estimate of drug-likeness (QED) is 0.682. The van der Waals surface area contributed by atoms with E-state index in [1.54, 1.807) is 0 Å². The molecule has 0 N–H and O–H groups in total. The lowest BCUT2D eigenvalue weighted by molar-refractivity contribution is -0.119. The van der Waals surface area contributed by atoms with Gasteiger partial charge in [-0.2, -0.15) is 0 Å². The standard InChI is InChI=1S/C18H20O/c1-10-6-14-9-18-5-4-13(8-18)17(19)12(3)16(18)15(14)7-11(10)2/h6-7,13H,4-5,8-9H2,1-3H3. The molecule has 1 aromatic rings. The zero-order valence-corrected chi connectivity index (χ0v) is 12.0. The van der Waals surface area contributed by atoms with Gasteiger partial charge in [0.05, 0.1) is 0 Å². The summed E-state index contributed by atoms with van der Waals surface area (Å²) >= 11 is 0. The van der Waals surface area contributed by atoms with Crippen LogP contribution >= 0.6 is 0 Å². The molecule has 1 nitrogen and oxygen atoms in total. The number of carbonyl (C=O) groups excluding carboxylic acids is 1. The average molecular weight is 252 g/mol. The van der Waals surface area contributed by atoms with Gasteiger partial charge in [0.15, 0.2) is 5.78 Å². The Morgan fingerprint density at radius 1 is 1.16 bits per heavy atom. The Morgan fingerprint density at radius 3 is 2.68 bits per heavy atom. The van der Waals surface area contributed by atoms with E-state index in [9.17, 15) is 4.79 Å². The highest BCUT2D eigenvalue weighted by atomic mass is 16.1. The predicted molar refractivity (Wildman–Crippen MR) is 77.0 cm³/mol. The summed E-state index contributed by atoms with van der Waals surface area (Å²) in [7, 11) is 0. The molecule has 3 aliphatic rings. The number of benzene rings is 1. The van der Waals surface area contributed by atoms with E-state index in [1.807, 2.05) is 0 Å². The molecule has 2 bridgehead atoms. The molecular weight excluding hydrogens is 232 g/mol. The van der Waals surface area contributed by atoms with E-state index in [2.05, 4.69) is 32.9 Å². The van der Waals surface area contributed by atoms with Gasteiger partial charge in [0.2, 0.25) is 0 Å². The first kappa shape index (κ1) is 11.5. The lowest BCUT2D eigenvalue weighted by Crippen LogP contribution is -2.26. The molecule has 1 aromatic carbocycles. The molecule has 2 unspecified atom stereocenters. The van der Waals surface area contributed by atoms with Crippen LogP contribution in [0.3, 0.4) is 0 Å². The van der Waals surface area contributed by atoms with Crippen LogP contribution in [0.4, 0.5) is 0 Å². The van der Waals surface area contributed by atoms with Gasteiger partial charge in [-0.3, -0.25) is 4.79 Å². The first-order valence-electron chi connectivity index (χ1n) is 7.38. The van der Waals surface area contributed by atoms with Crippen molar-refractivity contribution in [1.29, 1.82) is 0 Å². The summed E-state index contributed by atoms with van der Waals surface area (Å²) in [6, 6.07) is 4.68. The van der Waals surface area contributed by atoms with E-state index in [1.165, 1.54) is 40.7 Å². The lowest BCUT2D eigenvalue weighted by atomic mass is 9.71. The molecule has 1 saturated carbocycles. The lowest BCUT2D eigenvalue weighted by Gasteiger charge is -2.31. The second-order valence-corrected chi connectivity index (χ2v) is 6.85. The Kier molecular flexibility index (Phi) is 2.04. The molecule has 0 saturated heterocycles. The van der Waals surface area contributed by atoms with Gasteiger partial charge < -0.3 is 0 Å². The minimum atomic E-state index is 0.311. The van der Waals surface area contributed by atoms with Gasteiger partial charge in [-0.15, -0.1) is 0 Å². The smallest absolute Gasteiger partial charge is 0.161 e. The maximum Gasteiger partial charge on any atom is 0.161 e. The van der Waals surface area contributed by atoms with Crippen molar-refractivity contribution >= 4 is 11.4 Å². The molecule has 1 heteroatoms. The van der Waals surface area contributed by atoms with E-state index in [0.717, 1.165) is 18.4 Å². The molecular formula is C18H20O. The maximum absolute atomic E-state index is 12.4. The van der Waals surface area contributed by atoms with Crippen LogP contribution in [0.25, 0.3) is 5.57 Å². The third kappa shape index (κ3) is 1.29. The summed E-state index contributed by atoms with van der Waals surface area (Å²) in [6.07, 6.45) is 4.58. The summed E-state index contributed by atoms with van der Waals surface area (Å²) in [5.41, 5.74) is 8.38. The van der Waals surface area contributed by atoms with Crippen LogP contribution < -0.4 is 0 Å². The highest BCUT2D eigenvalue weighted by Gasteiger charge is 2.53. The normalized spacial score (nSPS) is 31.7. The topological polar surface area (TPSA) is 17.1 Å². The Morgan fingerprint density at radius 2 is 1.89 bits per heavy atom. The van der Waals surface area contributed by atoms with Gasteiger partial charge in [0.1, 0.15) is 0 Å². The highest BCUT2D eigenvalue weighted by Crippen LogP contribution is 2.62. The third-order valence-electron chi connectivity index (χ3n) is 5.77. The van der Waals surface area contributed by atoms with E-state index in [4.69, 9.17) is 0 Å². The van der Waals surface area contributed by atoms with Crippen molar-refractivity contribution in [1.82, 2.24) is 0 Å². The Balaban J connectivity index is 2.02. The molecule has 98 valence electrons. The van der Waals surface area contributed by atoms with Gasteiger partial charge in [-0.05, 0) is 79.9 Å². The predicted octanol–water partition coefficient (Wildman–Crippen LogP) is 4.00. The number of fused-ring (bicyclic) bond motifs is 3. The van der Waals surface area contributed by atoms with Gasteiger partial charge in [0, 0.05) is 11.3 Å². The highest BCUT2D eigenvalue weighted by molar-refractivity contribution is 6.08. The zero-order chi connectivity index (χ0) is 13.4. The van der Waals surface area contributed by atoms with E-state index in [0.29, 0.717) is 17.1 Å². The van der Waals surface area contributed by atoms with E-state index >= 15 is 0 Å². The van der Waals surface area contributed by atoms with Crippen LogP contribution in [0.15, 0.2) is 17.7 Å². The fourth-order valence-electron chi connectivity index (χ4n) is 4.76. The number of allylic oxidation sites excluding steroid dienone is 2. The molecule has 1 fully saturated rings. The number of Topliss-reactive ketones (excluding diaryl/α,β-unsaturated/α-hetero) is 1. The monoisotopic (exact) mass is 252 g/mol. The van der Waals surface area contributed by atoms with Gasteiger partial charge in [-0.25, -0.2) is 0 Å². The number of hydrogen-bond donors (Lipinski definition) is 0. The van der Waals surface area contributed by atoms with Crippen molar-refractivity contribution in [2.75, 3.05) is 0 Å². The van der Waals surface area contributed by atoms with Crippen molar-refractivity contribution in [3.63, 3.8) is 0 Å². The summed E-state index contributed by atoms with van der Waals surface area (Å²) < 4.78 is 0. The first-order valence-corrected chi connectivity index (χ1v) is 7.38. The van der Waals surface area contributed by atoms with Crippen LogP contribution in [0.5, 0.6) is 0 Å². The van der Waals surface area contributed by atoms with Gasteiger partial charge in [-0.1, -0.05) is 12.1 Å². The molecule has 0 amide bonds. The van der Waals surface area contributed by atoms with Crippen molar-refractivity contribution < 1.29 is 4.79 Å². The fourth-order valence-corrected chi connectivity index (χ4v) is 4.76. The second-order valence-electron chi connectivity index (χ2n) is 6.85. The number of ketones is 1. The largest absolute Gasteiger partial charge is 0.294 e. The summed E-state index contributed by atoms with van der Waals surface area (Å²) in [4.78, 5) is 12.4. The molecule has 2 atom stereocenters. The van der Waals surface area contributed by atoms with Gasteiger partial charge >= 0.3 is 0 Å². The molecule has 0 heterocycles. The zero-order valence-electron chi connectivity index (χ0n) is 12.0. The Bertz CT molecular complexity index is 650. The minimum absolute atomic E-state index is 0.311. The number of carbonyl (C=O) groups is 1. The number of aryl methyl sites for hydroxylation is 2. The van der Waals surface area contributed by atoms with Crippen molar-refractivity contribution in [3.8, 4) is 0 Å².